The fourth-order valence-corrected chi connectivity index (χ4v) is 2.70. The second kappa shape index (κ2) is 4.49. The number of aromatic nitrogens is 1. The fourth-order valence-electron chi connectivity index (χ4n) is 2.70. The van der Waals surface area contributed by atoms with Gasteiger partial charge in [-0.3, -0.25) is 4.98 Å². The molecule has 4 rings (SSSR count). The Morgan fingerprint density at radius 2 is 1.65 bits per heavy atom. The highest BCUT2D eigenvalue weighted by Crippen LogP contribution is 2.34. The molecule has 0 bridgehead atoms. The first-order valence-electron chi connectivity index (χ1n) is 6.79. The number of nitrogens with zero attached hydrogens (tertiary/aromatic N) is 1. The van der Waals surface area contributed by atoms with Crippen LogP contribution < -0.4 is 5.32 Å². The van der Waals surface area contributed by atoms with Gasteiger partial charge < -0.3 is 5.32 Å². The summed E-state index contributed by atoms with van der Waals surface area (Å²) < 4.78 is 0. The molecule has 2 aromatic carbocycles. The minimum atomic E-state index is 0.971. The Labute approximate surface area is 118 Å². The summed E-state index contributed by atoms with van der Waals surface area (Å²) in [6.07, 6.45) is 2.81. The van der Waals surface area contributed by atoms with E-state index >= 15 is 0 Å². The van der Waals surface area contributed by atoms with Crippen molar-refractivity contribution >= 4 is 11.4 Å². The molecule has 1 aliphatic heterocycles. The molecule has 1 N–H and O–H groups in total. The molecule has 0 atom stereocenters. The van der Waals surface area contributed by atoms with Gasteiger partial charge in [-0.2, -0.15) is 0 Å². The van der Waals surface area contributed by atoms with Crippen molar-refractivity contribution in [1.29, 1.82) is 0 Å². The average Bonchev–Trinajstić information content (AvgIpc) is 2.53. The van der Waals surface area contributed by atoms with E-state index in [-0.39, 0.29) is 0 Å². The zero-order valence-corrected chi connectivity index (χ0v) is 11.0. The molecule has 0 fully saturated rings. The van der Waals surface area contributed by atoms with Gasteiger partial charge >= 0.3 is 0 Å². The molecular weight excluding hydrogens is 244 g/mol. The van der Waals surface area contributed by atoms with Gasteiger partial charge in [-0.1, -0.05) is 30.3 Å². The van der Waals surface area contributed by atoms with Crippen LogP contribution in [-0.4, -0.2) is 4.98 Å². The molecule has 20 heavy (non-hydrogen) atoms. The smallest absolute Gasteiger partial charge is 0.0702 e. The minimum absolute atomic E-state index is 0.971. The SMILES string of the molecule is c1ccc(-c2ccc3c(c2)Cc2ccccc2N3)nc1. The first kappa shape index (κ1) is 11.2. The summed E-state index contributed by atoms with van der Waals surface area (Å²) in [6, 6.07) is 21.0. The van der Waals surface area contributed by atoms with Crippen molar-refractivity contribution in [2.45, 2.75) is 6.42 Å². The van der Waals surface area contributed by atoms with Crippen molar-refractivity contribution in [2.75, 3.05) is 5.32 Å². The monoisotopic (exact) mass is 258 g/mol. The quantitative estimate of drug-likeness (QED) is 0.547. The summed E-state index contributed by atoms with van der Waals surface area (Å²) in [4.78, 5) is 4.42. The Morgan fingerprint density at radius 1 is 0.800 bits per heavy atom. The van der Waals surface area contributed by atoms with Crippen LogP contribution in [0.3, 0.4) is 0 Å². The van der Waals surface area contributed by atoms with Crippen LogP contribution in [0.1, 0.15) is 11.1 Å². The molecule has 1 aromatic heterocycles. The number of hydrogen-bond acceptors (Lipinski definition) is 2. The highest BCUT2D eigenvalue weighted by atomic mass is 14.9. The standard InChI is InChI=1S/C18H14N2/c1-2-7-17-13(5-1)11-15-12-14(8-9-18(15)20-17)16-6-3-4-10-19-16/h1-10,12,20H,11H2. The minimum Gasteiger partial charge on any atom is -0.355 e. The van der Waals surface area contributed by atoms with Crippen LogP contribution in [-0.2, 0) is 6.42 Å². The van der Waals surface area contributed by atoms with Crippen molar-refractivity contribution in [1.82, 2.24) is 4.98 Å². The molecular formula is C18H14N2. The van der Waals surface area contributed by atoms with Gasteiger partial charge in [0.15, 0.2) is 0 Å². The van der Waals surface area contributed by atoms with E-state index < -0.39 is 0 Å². The van der Waals surface area contributed by atoms with Gasteiger partial charge in [0.1, 0.15) is 0 Å². The van der Waals surface area contributed by atoms with E-state index in [2.05, 4.69) is 52.8 Å². The third-order valence-electron chi connectivity index (χ3n) is 3.73. The average molecular weight is 258 g/mol. The van der Waals surface area contributed by atoms with Crippen LogP contribution >= 0.6 is 0 Å². The Balaban J connectivity index is 1.77. The zero-order chi connectivity index (χ0) is 13.4. The molecule has 2 nitrogen and oxygen atoms in total. The van der Waals surface area contributed by atoms with Crippen molar-refractivity contribution in [3.63, 3.8) is 0 Å². The zero-order valence-electron chi connectivity index (χ0n) is 11.0. The van der Waals surface area contributed by atoms with Crippen LogP contribution in [0.4, 0.5) is 11.4 Å². The van der Waals surface area contributed by atoms with Crippen LogP contribution in [0, 0.1) is 0 Å². The summed E-state index contributed by atoms with van der Waals surface area (Å²) >= 11 is 0. The number of benzene rings is 2. The Hall–Kier alpha value is -2.61. The first-order chi connectivity index (χ1) is 9.90. The molecule has 0 aliphatic carbocycles. The summed E-state index contributed by atoms with van der Waals surface area (Å²) in [6.45, 7) is 0. The number of hydrogen-bond donors (Lipinski definition) is 1. The van der Waals surface area contributed by atoms with Crippen molar-refractivity contribution in [2.24, 2.45) is 0 Å². The molecule has 0 spiro atoms. The molecule has 0 amide bonds. The lowest BCUT2D eigenvalue weighted by Crippen LogP contribution is -2.06. The van der Waals surface area contributed by atoms with Crippen molar-refractivity contribution < 1.29 is 0 Å². The second-order valence-corrected chi connectivity index (χ2v) is 5.05. The lowest BCUT2D eigenvalue weighted by atomic mass is 9.95. The molecule has 96 valence electrons. The fraction of sp³-hybridized carbons (Fsp3) is 0.0556. The van der Waals surface area contributed by atoms with Gasteiger partial charge in [-0.25, -0.2) is 0 Å². The van der Waals surface area contributed by atoms with E-state index in [9.17, 15) is 0 Å². The molecule has 2 heteroatoms. The predicted molar refractivity (Wildman–Crippen MR) is 82.2 cm³/mol. The number of anilines is 2. The Bertz CT molecular complexity index is 763. The van der Waals surface area contributed by atoms with Gasteiger partial charge in [0, 0.05) is 29.6 Å². The largest absolute Gasteiger partial charge is 0.355 e. The number of fused-ring (bicyclic) bond motifs is 2. The highest BCUT2D eigenvalue weighted by molar-refractivity contribution is 5.75. The van der Waals surface area contributed by atoms with E-state index in [4.69, 9.17) is 0 Å². The van der Waals surface area contributed by atoms with E-state index in [0.717, 1.165) is 12.1 Å². The maximum atomic E-state index is 4.42. The van der Waals surface area contributed by atoms with Gasteiger partial charge in [-0.05, 0) is 41.5 Å². The third kappa shape index (κ3) is 1.86. The molecule has 0 saturated heterocycles. The van der Waals surface area contributed by atoms with Crippen LogP contribution in [0.2, 0.25) is 0 Å². The number of nitrogens with one attached hydrogen (secondary N) is 1. The molecule has 0 radical (unpaired) electrons. The topological polar surface area (TPSA) is 24.9 Å². The lowest BCUT2D eigenvalue weighted by molar-refractivity contribution is 1.16. The third-order valence-corrected chi connectivity index (χ3v) is 3.73. The van der Waals surface area contributed by atoms with E-state index in [1.807, 2.05) is 24.4 Å². The lowest BCUT2D eigenvalue weighted by Gasteiger charge is -2.21. The van der Waals surface area contributed by atoms with Gasteiger partial charge in [-0.15, -0.1) is 0 Å². The highest BCUT2D eigenvalue weighted by Gasteiger charge is 2.14. The number of pyridine rings is 1. The van der Waals surface area contributed by atoms with Crippen LogP contribution in [0.15, 0.2) is 66.9 Å². The Kier molecular flexibility index (Phi) is 2.52. The predicted octanol–water partition coefficient (Wildman–Crippen LogP) is 4.40. The Morgan fingerprint density at radius 3 is 2.55 bits per heavy atom. The summed E-state index contributed by atoms with van der Waals surface area (Å²) in [5, 5.41) is 3.50. The molecule has 1 aliphatic rings. The molecule has 0 unspecified atom stereocenters. The number of para-hydroxylation sites is 1. The summed E-state index contributed by atoms with van der Waals surface area (Å²) in [5.41, 5.74) is 7.28. The maximum Gasteiger partial charge on any atom is 0.0702 e. The summed E-state index contributed by atoms with van der Waals surface area (Å²) in [5.74, 6) is 0. The maximum absolute atomic E-state index is 4.42. The first-order valence-corrected chi connectivity index (χ1v) is 6.79. The normalized spacial score (nSPS) is 12.2. The second-order valence-electron chi connectivity index (χ2n) is 5.05. The summed E-state index contributed by atoms with van der Waals surface area (Å²) in [7, 11) is 0. The molecule has 0 saturated carbocycles. The van der Waals surface area contributed by atoms with Gasteiger partial charge in [0.2, 0.25) is 0 Å². The van der Waals surface area contributed by atoms with Gasteiger partial charge in [0.25, 0.3) is 0 Å². The molecule has 2 heterocycles. The van der Waals surface area contributed by atoms with Crippen molar-refractivity contribution in [3.05, 3.63) is 78.0 Å². The number of rotatable bonds is 1. The van der Waals surface area contributed by atoms with Crippen molar-refractivity contribution in [3.8, 4) is 11.3 Å². The molecule has 3 aromatic rings. The van der Waals surface area contributed by atoms with E-state index in [0.29, 0.717) is 0 Å². The van der Waals surface area contributed by atoms with Crippen LogP contribution in [0.5, 0.6) is 0 Å². The van der Waals surface area contributed by atoms with Gasteiger partial charge in [0.05, 0.1) is 5.69 Å². The van der Waals surface area contributed by atoms with E-state index in [1.54, 1.807) is 0 Å². The van der Waals surface area contributed by atoms with E-state index in [1.165, 1.54) is 28.1 Å². The van der Waals surface area contributed by atoms with Crippen LogP contribution in [0.25, 0.3) is 11.3 Å².